The molecule has 1 aliphatic rings. The van der Waals surface area contributed by atoms with Crippen molar-refractivity contribution in [3.05, 3.63) is 53.4 Å². The highest BCUT2D eigenvalue weighted by atomic mass is 19.1. The number of hydrogen-bond donors (Lipinski definition) is 0. The van der Waals surface area contributed by atoms with Crippen LogP contribution < -0.4 is 4.74 Å². The summed E-state index contributed by atoms with van der Waals surface area (Å²) in [7, 11) is 0. The molecule has 6 nitrogen and oxygen atoms in total. The van der Waals surface area contributed by atoms with Crippen molar-refractivity contribution in [2.24, 2.45) is 0 Å². The molecule has 1 fully saturated rings. The Bertz CT molecular complexity index is 802. The number of pyridine rings is 2. The SMILES string of the molecule is CC(=O)N1CC(Oc2cc(C)nc(C(=O)Cc3ccc(F)cn3)c2)C1. The molecule has 7 heteroatoms. The van der Waals surface area contributed by atoms with Gasteiger partial charge in [-0.1, -0.05) is 0 Å². The van der Waals surface area contributed by atoms with Crippen LogP contribution >= 0.6 is 0 Å². The summed E-state index contributed by atoms with van der Waals surface area (Å²) in [5.41, 5.74) is 1.42. The molecule has 25 heavy (non-hydrogen) atoms. The van der Waals surface area contributed by atoms with E-state index in [1.54, 1.807) is 24.0 Å². The number of ether oxygens (including phenoxy) is 1. The van der Waals surface area contributed by atoms with Crippen molar-refractivity contribution in [1.29, 1.82) is 0 Å². The van der Waals surface area contributed by atoms with Crippen LogP contribution in [0, 0.1) is 12.7 Å². The van der Waals surface area contributed by atoms with E-state index in [0.29, 0.717) is 30.2 Å². The van der Waals surface area contributed by atoms with Crippen LogP contribution in [-0.4, -0.2) is 45.8 Å². The molecule has 0 unspecified atom stereocenters. The highest BCUT2D eigenvalue weighted by Gasteiger charge is 2.30. The maximum Gasteiger partial charge on any atom is 0.219 e. The first-order valence-corrected chi connectivity index (χ1v) is 7.95. The fraction of sp³-hybridized carbons (Fsp3) is 0.333. The van der Waals surface area contributed by atoms with Crippen molar-refractivity contribution in [3.8, 4) is 5.75 Å². The molecular formula is C18H18FN3O3. The number of hydrogen-bond acceptors (Lipinski definition) is 5. The van der Waals surface area contributed by atoms with Gasteiger partial charge < -0.3 is 9.64 Å². The van der Waals surface area contributed by atoms with Crippen LogP contribution in [-0.2, 0) is 11.2 Å². The van der Waals surface area contributed by atoms with Crippen LogP contribution in [0.3, 0.4) is 0 Å². The third kappa shape index (κ3) is 4.17. The van der Waals surface area contributed by atoms with E-state index in [4.69, 9.17) is 4.74 Å². The predicted octanol–water partition coefficient (Wildman–Crippen LogP) is 1.96. The van der Waals surface area contributed by atoms with Gasteiger partial charge in [0.05, 0.1) is 25.7 Å². The van der Waals surface area contributed by atoms with Gasteiger partial charge in [-0.25, -0.2) is 9.37 Å². The molecule has 0 aromatic carbocycles. The van der Waals surface area contributed by atoms with Gasteiger partial charge in [0.15, 0.2) is 5.78 Å². The molecule has 0 spiro atoms. The molecule has 0 atom stereocenters. The first-order valence-electron chi connectivity index (χ1n) is 7.95. The Balaban J connectivity index is 1.67. The van der Waals surface area contributed by atoms with Gasteiger partial charge in [-0.3, -0.25) is 14.6 Å². The summed E-state index contributed by atoms with van der Waals surface area (Å²) in [6, 6.07) is 6.09. The molecule has 3 heterocycles. The van der Waals surface area contributed by atoms with Crippen molar-refractivity contribution in [2.75, 3.05) is 13.1 Å². The highest BCUT2D eigenvalue weighted by molar-refractivity contribution is 5.95. The molecule has 2 aromatic heterocycles. The summed E-state index contributed by atoms with van der Waals surface area (Å²) < 4.78 is 18.7. The Kier molecular flexibility index (Phi) is 4.74. The monoisotopic (exact) mass is 343 g/mol. The summed E-state index contributed by atoms with van der Waals surface area (Å²) in [5, 5.41) is 0. The summed E-state index contributed by atoms with van der Waals surface area (Å²) in [6.45, 7) is 4.38. The molecule has 0 bridgehead atoms. The van der Waals surface area contributed by atoms with E-state index in [2.05, 4.69) is 9.97 Å². The fourth-order valence-corrected chi connectivity index (χ4v) is 2.58. The summed E-state index contributed by atoms with van der Waals surface area (Å²) in [6.07, 6.45) is 1.04. The standard InChI is InChI=1S/C18H18FN3O3/c1-11-5-15(25-16-9-22(10-16)12(2)23)7-17(21-11)18(24)6-14-4-3-13(19)8-20-14/h3-5,7-8,16H,6,9-10H2,1-2H3. The molecule has 1 saturated heterocycles. The topological polar surface area (TPSA) is 72.4 Å². The minimum atomic E-state index is -0.444. The van der Waals surface area contributed by atoms with E-state index < -0.39 is 5.82 Å². The lowest BCUT2D eigenvalue weighted by atomic mass is 10.1. The Morgan fingerprint density at radius 1 is 1.32 bits per heavy atom. The zero-order valence-corrected chi connectivity index (χ0v) is 14.0. The summed E-state index contributed by atoms with van der Waals surface area (Å²) in [4.78, 5) is 33.4. The van der Waals surface area contributed by atoms with Gasteiger partial charge in [-0.05, 0) is 19.1 Å². The third-order valence-electron chi connectivity index (χ3n) is 3.94. The van der Waals surface area contributed by atoms with E-state index in [1.807, 2.05) is 0 Å². The molecule has 1 amide bonds. The molecule has 1 aliphatic heterocycles. The van der Waals surface area contributed by atoms with Gasteiger partial charge in [0.2, 0.25) is 5.91 Å². The van der Waals surface area contributed by atoms with Crippen LogP contribution in [0.4, 0.5) is 4.39 Å². The largest absolute Gasteiger partial charge is 0.487 e. The third-order valence-corrected chi connectivity index (χ3v) is 3.94. The average molecular weight is 343 g/mol. The first-order chi connectivity index (χ1) is 11.9. The number of halogens is 1. The Morgan fingerprint density at radius 2 is 2.08 bits per heavy atom. The molecule has 130 valence electrons. The van der Waals surface area contributed by atoms with Crippen molar-refractivity contribution < 1.29 is 18.7 Å². The fourth-order valence-electron chi connectivity index (χ4n) is 2.58. The average Bonchev–Trinajstić information content (AvgIpc) is 2.51. The molecule has 2 aromatic rings. The number of aromatic nitrogens is 2. The predicted molar refractivity (Wildman–Crippen MR) is 87.9 cm³/mol. The van der Waals surface area contributed by atoms with E-state index in [-0.39, 0.29) is 29.9 Å². The van der Waals surface area contributed by atoms with Crippen molar-refractivity contribution in [2.45, 2.75) is 26.4 Å². The number of likely N-dealkylation sites (tertiary alicyclic amines) is 1. The van der Waals surface area contributed by atoms with E-state index in [1.165, 1.54) is 19.1 Å². The number of nitrogens with zero attached hydrogens (tertiary/aromatic N) is 3. The maximum atomic E-state index is 12.9. The quantitative estimate of drug-likeness (QED) is 0.776. The Labute approximate surface area is 144 Å². The second-order valence-corrected chi connectivity index (χ2v) is 6.06. The van der Waals surface area contributed by atoms with E-state index >= 15 is 0 Å². The highest BCUT2D eigenvalue weighted by Crippen LogP contribution is 2.20. The number of amides is 1. The normalized spacial score (nSPS) is 14.1. The van der Waals surface area contributed by atoms with Crippen LogP contribution in [0.5, 0.6) is 5.75 Å². The van der Waals surface area contributed by atoms with E-state index in [9.17, 15) is 14.0 Å². The Morgan fingerprint density at radius 3 is 2.72 bits per heavy atom. The lowest BCUT2D eigenvalue weighted by Crippen LogP contribution is -2.55. The van der Waals surface area contributed by atoms with Crippen LogP contribution in [0.15, 0.2) is 30.5 Å². The van der Waals surface area contributed by atoms with Gasteiger partial charge in [0.1, 0.15) is 23.4 Å². The van der Waals surface area contributed by atoms with Gasteiger partial charge in [-0.15, -0.1) is 0 Å². The molecule has 0 radical (unpaired) electrons. The number of carbonyl (C=O) groups excluding carboxylic acids is 2. The Hall–Kier alpha value is -2.83. The summed E-state index contributed by atoms with van der Waals surface area (Å²) in [5.74, 6) is -0.0863. The molecule has 0 aliphatic carbocycles. The second-order valence-electron chi connectivity index (χ2n) is 6.06. The van der Waals surface area contributed by atoms with Crippen LogP contribution in [0.25, 0.3) is 0 Å². The summed E-state index contributed by atoms with van der Waals surface area (Å²) >= 11 is 0. The minimum absolute atomic E-state index is 0.0217. The van der Waals surface area contributed by atoms with Crippen molar-refractivity contribution >= 4 is 11.7 Å². The van der Waals surface area contributed by atoms with Crippen LogP contribution in [0.1, 0.15) is 28.8 Å². The number of rotatable bonds is 5. The number of ketones is 1. The molecule has 0 saturated carbocycles. The minimum Gasteiger partial charge on any atom is -0.487 e. The first kappa shape index (κ1) is 17.0. The maximum absolute atomic E-state index is 12.9. The van der Waals surface area contributed by atoms with Gasteiger partial charge >= 0.3 is 0 Å². The zero-order valence-electron chi connectivity index (χ0n) is 14.0. The molecule has 0 N–H and O–H groups in total. The number of carbonyl (C=O) groups is 2. The lowest BCUT2D eigenvalue weighted by Gasteiger charge is -2.38. The van der Waals surface area contributed by atoms with E-state index in [0.717, 1.165) is 6.20 Å². The zero-order chi connectivity index (χ0) is 18.0. The van der Waals surface area contributed by atoms with Gasteiger partial charge in [0.25, 0.3) is 0 Å². The lowest BCUT2D eigenvalue weighted by molar-refractivity contribution is -0.137. The smallest absolute Gasteiger partial charge is 0.219 e. The van der Waals surface area contributed by atoms with Crippen molar-refractivity contribution in [1.82, 2.24) is 14.9 Å². The molecule has 3 rings (SSSR count). The van der Waals surface area contributed by atoms with Gasteiger partial charge in [0, 0.05) is 30.4 Å². The van der Waals surface area contributed by atoms with Crippen molar-refractivity contribution in [3.63, 3.8) is 0 Å². The second kappa shape index (κ2) is 6.96. The van der Waals surface area contributed by atoms with Gasteiger partial charge in [-0.2, -0.15) is 0 Å². The number of Topliss-reactive ketones (excluding diaryl/α,β-unsaturated/α-hetero) is 1. The van der Waals surface area contributed by atoms with Crippen LogP contribution in [0.2, 0.25) is 0 Å². The number of aryl methyl sites for hydroxylation is 1. The molecular weight excluding hydrogens is 325 g/mol.